The monoisotopic (exact) mass is 326 g/mol. The van der Waals surface area contributed by atoms with Crippen LogP contribution in [0.4, 0.5) is 0 Å². The van der Waals surface area contributed by atoms with E-state index in [1.807, 2.05) is 38.2 Å². The van der Waals surface area contributed by atoms with Crippen LogP contribution in [0.2, 0.25) is 0 Å². The van der Waals surface area contributed by atoms with Crippen molar-refractivity contribution in [3.63, 3.8) is 0 Å². The van der Waals surface area contributed by atoms with E-state index in [0.717, 1.165) is 37.0 Å². The van der Waals surface area contributed by atoms with E-state index in [1.165, 1.54) is 0 Å². The third-order valence-electron chi connectivity index (χ3n) is 4.12. The average molecular weight is 327 g/mol. The van der Waals surface area contributed by atoms with E-state index in [1.54, 1.807) is 4.90 Å². The predicted octanol–water partition coefficient (Wildman–Crippen LogP) is 2.98. The molecule has 1 aliphatic carbocycles. The topological polar surface area (TPSA) is 55.6 Å². The summed E-state index contributed by atoms with van der Waals surface area (Å²) in [5, 5.41) is 0. The van der Waals surface area contributed by atoms with Crippen molar-refractivity contribution in [2.75, 3.05) is 13.7 Å². The molecule has 0 radical (unpaired) electrons. The van der Waals surface area contributed by atoms with Gasteiger partial charge in [0.1, 0.15) is 5.75 Å². The van der Waals surface area contributed by atoms with Gasteiger partial charge in [-0.3, -0.25) is 4.79 Å². The molecule has 1 saturated carbocycles. The lowest BCUT2D eigenvalue weighted by atomic mass is 9.85. The van der Waals surface area contributed by atoms with Crippen molar-refractivity contribution in [2.24, 2.45) is 11.7 Å². The molecule has 2 rings (SSSR count). The molecule has 5 heteroatoms. The van der Waals surface area contributed by atoms with Crippen molar-refractivity contribution in [2.45, 2.75) is 45.2 Å². The van der Waals surface area contributed by atoms with E-state index in [2.05, 4.69) is 0 Å². The Bertz CT molecular complexity index is 481. The van der Waals surface area contributed by atoms with Crippen molar-refractivity contribution in [3.05, 3.63) is 29.8 Å². The molecule has 0 heterocycles. The summed E-state index contributed by atoms with van der Waals surface area (Å²) in [5.41, 5.74) is 7.04. The summed E-state index contributed by atoms with van der Waals surface area (Å²) >= 11 is 0. The van der Waals surface area contributed by atoms with E-state index >= 15 is 0 Å². The molecule has 1 aliphatic rings. The third-order valence-corrected chi connectivity index (χ3v) is 4.12. The van der Waals surface area contributed by atoms with E-state index < -0.39 is 0 Å². The molecule has 22 heavy (non-hydrogen) atoms. The second-order valence-electron chi connectivity index (χ2n) is 5.86. The fourth-order valence-corrected chi connectivity index (χ4v) is 3.03. The Labute approximate surface area is 139 Å². The Balaban J connectivity index is 0.00000242. The van der Waals surface area contributed by atoms with Crippen molar-refractivity contribution >= 4 is 18.3 Å². The Morgan fingerprint density at radius 3 is 2.77 bits per heavy atom. The standard InChI is InChI=1S/C17H26N2O2.ClH/c1-3-21-16-10-5-4-7-14(16)12-19(2)17(20)13-8-6-9-15(18)11-13;/h4-5,7,10,13,15H,3,6,8-9,11-12,18H2,1-2H3;1H. The minimum Gasteiger partial charge on any atom is -0.494 e. The highest BCUT2D eigenvalue weighted by Crippen LogP contribution is 2.26. The molecule has 0 aromatic heterocycles. The van der Waals surface area contributed by atoms with Gasteiger partial charge in [0.15, 0.2) is 0 Å². The number of benzene rings is 1. The van der Waals surface area contributed by atoms with Gasteiger partial charge >= 0.3 is 0 Å². The molecule has 2 unspecified atom stereocenters. The Hall–Kier alpha value is -1.26. The van der Waals surface area contributed by atoms with Gasteiger partial charge in [0, 0.05) is 31.1 Å². The van der Waals surface area contributed by atoms with Crippen LogP contribution in [0.5, 0.6) is 5.75 Å². The molecule has 0 saturated heterocycles. The molecule has 124 valence electrons. The highest BCUT2D eigenvalue weighted by Gasteiger charge is 2.27. The van der Waals surface area contributed by atoms with Gasteiger partial charge in [-0.2, -0.15) is 0 Å². The summed E-state index contributed by atoms with van der Waals surface area (Å²) in [6.07, 6.45) is 3.88. The van der Waals surface area contributed by atoms with Crippen LogP contribution in [-0.2, 0) is 11.3 Å². The molecule has 2 atom stereocenters. The second kappa shape index (κ2) is 9.01. The largest absolute Gasteiger partial charge is 0.494 e. The molecule has 2 N–H and O–H groups in total. The molecule has 0 aliphatic heterocycles. The highest BCUT2D eigenvalue weighted by atomic mass is 35.5. The molecule has 1 aromatic carbocycles. The zero-order valence-corrected chi connectivity index (χ0v) is 14.3. The number of nitrogens with zero attached hydrogens (tertiary/aromatic N) is 1. The van der Waals surface area contributed by atoms with Gasteiger partial charge in [-0.15, -0.1) is 12.4 Å². The van der Waals surface area contributed by atoms with Crippen LogP contribution in [-0.4, -0.2) is 30.5 Å². The van der Waals surface area contributed by atoms with Gasteiger partial charge in [0.2, 0.25) is 5.91 Å². The maximum Gasteiger partial charge on any atom is 0.225 e. The summed E-state index contributed by atoms with van der Waals surface area (Å²) in [7, 11) is 1.87. The number of rotatable bonds is 5. The van der Waals surface area contributed by atoms with Gasteiger partial charge in [-0.05, 0) is 32.3 Å². The van der Waals surface area contributed by atoms with Gasteiger partial charge in [0.25, 0.3) is 0 Å². The maximum absolute atomic E-state index is 12.5. The number of ether oxygens (including phenoxy) is 1. The van der Waals surface area contributed by atoms with Crippen LogP contribution in [0.3, 0.4) is 0 Å². The first-order chi connectivity index (χ1) is 10.1. The average Bonchev–Trinajstić information content (AvgIpc) is 2.48. The minimum atomic E-state index is 0. The van der Waals surface area contributed by atoms with Crippen LogP contribution in [0.25, 0.3) is 0 Å². The normalized spacial score (nSPS) is 20.9. The summed E-state index contributed by atoms with van der Waals surface area (Å²) < 4.78 is 5.62. The first-order valence-corrected chi connectivity index (χ1v) is 7.83. The molecule has 1 amide bonds. The minimum absolute atomic E-state index is 0. The van der Waals surface area contributed by atoms with Crippen LogP contribution < -0.4 is 10.5 Å². The fraction of sp³-hybridized carbons (Fsp3) is 0.588. The van der Waals surface area contributed by atoms with Crippen LogP contribution in [0, 0.1) is 5.92 Å². The summed E-state index contributed by atoms with van der Waals surface area (Å²) in [5.74, 6) is 1.15. The number of carbonyl (C=O) groups is 1. The lowest BCUT2D eigenvalue weighted by Gasteiger charge is -2.29. The number of hydrogen-bond acceptors (Lipinski definition) is 3. The first-order valence-electron chi connectivity index (χ1n) is 7.83. The van der Waals surface area contributed by atoms with E-state index in [9.17, 15) is 4.79 Å². The first kappa shape index (κ1) is 18.8. The smallest absolute Gasteiger partial charge is 0.225 e. The van der Waals surface area contributed by atoms with Gasteiger partial charge in [0.05, 0.1) is 6.61 Å². The SMILES string of the molecule is CCOc1ccccc1CN(C)C(=O)C1CCCC(N)C1.Cl. The van der Waals surface area contributed by atoms with E-state index in [0.29, 0.717) is 13.2 Å². The van der Waals surface area contributed by atoms with Crippen LogP contribution in [0.1, 0.15) is 38.2 Å². The van der Waals surface area contributed by atoms with Crippen LogP contribution in [0.15, 0.2) is 24.3 Å². The van der Waals surface area contributed by atoms with Gasteiger partial charge in [-0.25, -0.2) is 0 Å². The summed E-state index contributed by atoms with van der Waals surface area (Å²) in [4.78, 5) is 14.4. The molecular weight excluding hydrogens is 300 g/mol. The Kier molecular flexibility index (Phi) is 7.69. The predicted molar refractivity (Wildman–Crippen MR) is 91.3 cm³/mol. The molecule has 4 nitrogen and oxygen atoms in total. The van der Waals surface area contributed by atoms with Crippen molar-refractivity contribution in [1.82, 2.24) is 4.90 Å². The number of para-hydroxylation sites is 1. The lowest BCUT2D eigenvalue weighted by Crippen LogP contribution is -2.38. The zero-order valence-electron chi connectivity index (χ0n) is 13.5. The zero-order chi connectivity index (χ0) is 15.2. The van der Waals surface area contributed by atoms with E-state index in [-0.39, 0.29) is 30.3 Å². The number of hydrogen-bond donors (Lipinski definition) is 1. The summed E-state index contributed by atoms with van der Waals surface area (Å²) in [6.45, 7) is 3.18. The Morgan fingerprint density at radius 1 is 1.36 bits per heavy atom. The fourth-order valence-electron chi connectivity index (χ4n) is 3.03. The molecule has 0 bridgehead atoms. The summed E-state index contributed by atoms with van der Waals surface area (Å²) in [6, 6.07) is 8.08. The third kappa shape index (κ3) is 4.89. The maximum atomic E-state index is 12.5. The van der Waals surface area contributed by atoms with Gasteiger partial charge < -0.3 is 15.4 Å². The van der Waals surface area contributed by atoms with E-state index in [4.69, 9.17) is 10.5 Å². The second-order valence-corrected chi connectivity index (χ2v) is 5.86. The molecule has 0 spiro atoms. The number of halogens is 1. The molecule has 1 aromatic rings. The van der Waals surface area contributed by atoms with Crippen LogP contribution >= 0.6 is 12.4 Å². The lowest BCUT2D eigenvalue weighted by molar-refractivity contribution is -0.135. The van der Waals surface area contributed by atoms with Gasteiger partial charge in [-0.1, -0.05) is 24.6 Å². The number of amides is 1. The Morgan fingerprint density at radius 2 is 2.09 bits per heavy atom. The molecular formula is C17H27ClN2O2. The van der Waals surface area contributed by atoms with Crippen molar-refractivity contribution < 1.29 is 9.53 Å². The number of nitrogens with two attached hydrogens (primary N) is 1. The number of carbonyl (C=O) groups excluding carboxylic acids is 1. The quantitative estimate of drug-likeness (QED) is 0.905. The molecule has 1 fully saturated rings. The van der Waals surface area contributed by atoms with Crippen molar-refractivity contribution in [1.29, 1.82) is 0 Å². The highest BCUT2D eigenvalue weighted by molar-refractivity contribution is 5.85. The van der Waals surface area contributed by atoms with Crippen molar-refractivity contribution in [3.8, 4) is 5.75 Å².